The van der Waals surface area contributed by atoms with Gasteiger partial charge in [-0.15, -0.1) is 0 Å². The lowest BCUT2D eigenvalue weighted by Crippen LogP contribution is -2.15. The molecule has 0 amide bonds. The molecule has 96 valence electrons. The van der Waals surface area contributed by atoms with E-state index in [1.807, 2.05) is 0 Å². The van der Waals surface area contributed by atoms with Gasteiger partial charge in [0.2, 0.25) is 0 Å². The first kappa shape index (κ1) is 13.0. The molecule has 0 unspecified atom stereocenters. The lowest BCUT2D eigenvalue weighted by atomic mass is 10.4. The van der Waals surface area contributed by atoms with Gasteiger partial charge in [-0.05, 0) is 18.6 Å². The van der Waals surface area contributed by atoms with Crippen molar-refractivity contribution in [1.29, 1.82) is 0 Å². The van der Waals surface area contributed by atoms with Crippen LogP contribution in [-0.2, 0) is 16.4 Å². The number of sulfone groups is 1. The minimum atomic E-state index is -3.24. The quantitative estimate of drug-likeness (QED) is 0.840. The second-order valence-corrected chi connectivity index (χ2v) is 6.87. The van der Waals surface area contributed by atoms with Crippen molar-refractivity contribution in [1.82, 2.24) is 3.96 Å². The van der Waals surface area contributed by atoms with Gasteiger partial charge >= 0.3 is 0 Å². The first-order valence-electron chi connectivity index (χ1n) is 5.52. The molecule has 0 saturated carbocycles. The summed E-state index contributed by atoms with van der Waals surface area (Å²) in [5.41, 5.74) is -0.0721. The number of rotatable bonds is 5. The van der Waals surface area contributed by atoms with Crippen LogP contribution in [0, 0.1) is 0 Å². The molecule has 2 aromatic rings. The third-order valence-corrected chi connectivity index (χ3v) is 5.21. The maximum absolute atomic E-state index is 12.0. The van der Waals surface area contributed by atoms with Crippen molar-refractivity contribution in [3.05, 3.63) is 52.1 Å². The monoisotopic (exact) mass is 283 g/mol. The highest BCUT2D eigenvalue weighted by Crippen LogP contribution is 2.11. The van der Waals surface area contributed by atoms with Crippen molar-refractivity contribution >= 4 is 21.4 Å². The van der Waals surface area contributed by atoms with Crippen LogP contribution in [0.3, 0.4) is 0 Å². The molecule has 2 rings (SSSR count). The van der Waals surface area contributed by atoms with Gasteiger partial charge in [0, 0.05) is 18.0 Å². The van der Waals surface area contributed by atoms with Gasteiger partial charge in [0.25, 0.3) is 5.56 Å². The SMILES string of the molecule is O=c1ccsn1CCCS(=O)(=O)c1ccccc1. The number of aromatic nitrogens is 1. The summed E-state index contributed by atoms with van der Waals surface area (Å²) in [7, 11) is -3.24. The van der Waals surface area contributed by atoms with Gasteiger partial charge in [-0.3, -0.25) is 8.75 Å². The Morgan fingerprint density at radius 2 is 1.83 bits per heavy atom. The lowest BCUT2D eigenvalue weighted by Gasteiger charge is -2.04. The second-order valence-electron chi connectivity index (χ2n) is 3.83. The molecule has 1 aromatic carbocycles. The van der Waals surface area contributed by atoms with Gasteiger partial charge in [0.15, 0.2) is 9.84 Å². The average Bonchev–Trinajstić information content (AvgIpc) is 2.76. The van der Waals surface area contributed by atoms with Gasteiger partial charge in [-0.25, -0.2) is 8.42 Å². The maximum Gasteiger partial charge on any atom is 0.260 e. The summed E-state index contributed by atoms with van der Waals surface area (Å²) in [5, 5.41) is 1.70. The Bertz CT molecular complexity index is 656. The summed E-state index contributed by atoms with van der Waals surface area (Å²) in [5.74, 6) is 0.0569. The average molecular weight is 283 g/mol. The van der Waals surface area contributed by atoms with E-state index in [9.17, 15) is 13.2 Å². The summed E-state index contributed by atoms with van der Waals surface area (Å²) in [6.07, 6.45) is 0.442. The largest absolute Gasteiger partial charge is 0.268 e. The highest BCUT2D eigenvalue weighted by atomic mass is 32.2. The minimum absolute atomic E-state index is 0.0569. The van der Waals surface area contributed by atoms with Crippen LogP contribution in [0.15, 0.2) is 51.5 Å². The van der Waals surface area contributed by atoms with Gasteiger partial charge in [-0.2, -0.15) is 0 Å². The van der Waals surface area contributed by atoms with Crippen molar-refractivity contribution in [3.63, 3.8) is 0 Å². The molecule has 0 bridgehead atoms. The van der Waals surface area contributed by atoms with E-state index >= 15 is 0 Å². The third kappa shape index (κ3) is 3.08. The van der Waals surface area contributed by atoms with Crippen molar-refractivity contribution in [2.45, 2.75) is 17.9 Å². The Morgan fingerprint density at radius 1 is 1.11 bits per heavy atom. The van der Waals surface area contributed by atoms with E-state index in [1.165, 1.54) is 17.6 Å². The minimum Gasteiger partial charge on any atom is -0.268 e. The standard InChI is InChI=1S/C12H13NO3S2/c14-12-7-9-17-13(12)8-4-10-18(15,16)11-5-2-1-3-6-11/h1-3,5-7,9H,4,8,10H2. The molecule has 0 aliphatic rings. The van der Waals surface area contributed by atoms with Crippen LogP contribution in [0.1, 0.15) is 6.42 Å². The van der Waals surface area contributed by atoms with Crippen LogP contribution < -0.4 is 5.56 Å². The molecular formula is C12H13NO3S2. The fraction of sp³-hybridized carbons (Fsp3) is 0.250. The van der Waals surface area contributed by atoms with Crippen LogP contribution >= 0.6 is 11.5 Å². The van der Waals surface area contributed by atoms with Gasteiger partial charge in [0.1, 0.15) is 0 Å². The summed E-state index contributed by atoms with van der Waals surface area (Å²) in [6, 6.07) is 9.85. The number of nitrogens with zero attached hydrogens (tertiary/aromatic N) is 1. The van der Waals surface area contributed by atoms with E-state index < -0.39 is 9.84 Å². The van der Waals surface area contributed by atoms with Crippen molar-refractivity contribution < 1.29 is 8.42 Å². The topological polar surface area (TPSA) is 56.1 Å². The lowest BCUT2D eigenvalue weighted by molar-refractivity contribution is 0.588. The summed E-state index contributed by atoms with van der Waals surface area (Å²) in [6.45, 7) is 0.447. The van der Waals surface area contributed by atoms with Gasteiger partial charge < -0.3 is 0 Å². The molecule has 4 nitrogen and oxygen atoms in total. The van der Waals surface area contributed by atoms with Crippen molar-refractivity contribution in [2.75, 3.05) is 5.75 Å². The van der Waals surface area contributed by atoms with Gasteiger partial charge in [0.05, 0.1) is 10.6 Å². The van der Waals surface area contributed by atoms with Crippen molar-refractivity contribution in [2.24, 2.45) is 0 Å². The molecule has 0 spiro atoms. The third-order valence-electron chi connectivity index (χ3n) is 2.52. The van der Waals surface area contributed by atoms with E-state index in [0.717, 1.165) is 0 Å². The van der Waals surface area contributed by atoms with Crippen molar-refractivity contribution in [3.8, 4) is 0 Å². The normalized spacial score (nSPS) is 11.6. The first-order chi connectivity index (χ1) is 8.59. The van der Waals surface area contributed by atoms with Crippen LogP contribution in [0.25, 0.3) is 0 Å². The molecule has 0 radical (unpaired) electrons. The van der Waals surface area contributed by atoms with E-state index in [2.05, 4.69) is 0 Å². The predicted octanol–water partition coefficient (Wildman–Crippen LogP) is 1.77. The molecule has 18 heavy (non-hydrogen) atoms. The molecular weight excluding hydrogens is 270 g/mol. The molecule has 0 saturated heterocycles. The predicted molar refractivity (Wildman–Crippen MR) is 71.7 cm³/mol. The van der Waals surface area contributed by atoms with Crippen LogP contribution in [0.5, 0.6) is 0 Å². The molecule has 0 aliphatic heterocycles. The Morgan fingerprint density at radius 3 is 2.44 bits per heavy atom. The molecule has 6 heteroatoms. The van der Waals surface area contributed by atoms with E-state index in [-0.39, 0.29) is 11.3 Å². The van der Waals surface area contributed by atoms with E-state index in [4.69, 9.17) is 0 Å². The zero-order valence-electron chi connectivity index (χ0n) is 9.65. The number of benzene rings is 1. The zero-order valence-corrected chi connectivity index (χ0v) is 11.3. The maximum atomic E-state index is 12.0. The summed E-state index contributed by atoms with van der Waals surface area (Å²) >= 11 is 1.31. The molecule has 1 aromatic heterocycles. The smallest absolute Gasteiger partial charge is 0.260 e. The fourth-order valence-electron chi connectivity index (χ4n) is 1.60. The molecule has 0 fully saturated rings. The molecule has 0 N–H and O–H groups in total. The number of hydrogen-bond donors (Lipinski definition) is 0. The van der Waals surface area contributed by atoms with Crippen LogP contribution in [0.4, 0.5) is 0 Å². The Kier molecular flexibility index (Phi) is 3.98. The zero-order chi connectivity index (χ0) is 13.0. The fourth-order valence-corrected chi connectivity index (χ4v) is 3.64. The highest BCUT2D eigenvalue weighted by molar-refractivity contribution is 7.91. The molecule has 1 heterocycles. The second kappa shape index (κ2) is 5.49. The number of aryl methyl sites for hydroxylation is 1. The van der Waals surface area contributed by atoms with E-state index in [0.29, 0.717) is 17.9 Å². The van der Waals surface area contributed by atoms with Crippen LogP contribution in [-0.4, -0.2) is 18.1 Å². The highest BCUT2D eigenvalue weighted by Gasteiger charge is 2.13. The Labute approximate surface area is 110 Å². The Hall–Kier alpha value is -1.40. The molecule has 0 atom stereocenters. The Balaban J connectivity index is 1.99. The van der Waals surface area contributed by atoms with E-state index in [1.54, 1.807) is 39.7 Å². The summed E-state index contributed by atoms with van der Waals surface area (Å²) < 4.78 is 25.5. The van der Waals surface area contributed by atoms with Gasteiger partial charge in [-0.1, -0.05) is 29.7 Å². The van der Waals surface area contributed by atoms with Crippen LogP contribution in [0.2, 0.25) is 0 Å². The first-order valence-corrected chi connectivity index (χ1v) is 8.01. The summed E-state index contributed by atoms with van der Waals surface area (Å²) in [4.78, 5) is 11.6. The molecule has 0 aliphatic carbocycles. The number of hydrogen-bond acceptors (Lipinski definition) is 4.